The minimum Gasteiger partial charge on any atom is -0.489 e. The van der Waals surface area contributed by atoms with Gasteiger partial charge in [-0.2, -0.15) is 0 Å². The Morgan fingerprint density at radius 1 is 1.03 bits per heavy atom. The van der Waals surface area contributed by atoms with Gasteiger partial charge in [0.1, 0.15) is 24.0 Å². The van der Waals surface area contributed by atoms with Crippen molar-refractivity contribution in [2.45, 2.75) is 77.0 Å². The number of hydrogen-bond acceptors (Lipinski definition) is 1. The predicted octanol–water partition coefficient (Wildman–Crippen LogP) is 8.56. The summed E-state index contributed by atoms with van der Waals surface area (Å²) in [6, 6.07) is 6.74. The van der Waals surface area contributed by atoms with Crippen LogP contribution in [0.2, 0.25) is 0 Å². The Labute approximate surface area is 185 Å². The fourth-order valence-electron chi connectivity index (χ4n) is 6.13. The molecule has 1 nitrogen and oxygen atoms in total. The monoisotopic (exact) mass is 426 g/mol. The van der Waals surface area contributed by atoms with Gasteiger partial charge in [-0.25, -0.2) is 8.78 Å². The maximum Gasteiger partial charge on any atom is 0.137 e. The molecular weight excluding hydrogens is 390 g/mol. The first-order valence-electron chi connectivity index (χ1n) is 12.3. The summed E-state index contributed by atoms with van der Waals surface area (Å²) in [5, 5.41) is 0.659. The molecule has 4 rings (SSSR count). The maximum atomic E-state index is 15.5. The smallest absolute Gasteiger partial charge is 0.137 e. The van der Waals surface area contributed by atoms with Crippen LogP contribution in [0.4, 0.5) is 8.78 Å². The Kier molecular flexibility index (Phi) is 7.30. The summed E-state index contributed by atoms with van der Waals surface area (Å²) in [6.45, 7) is 6.18. The molecule has 0 amide bonds. The quantitative estimate of drug-likeness (QED) is 0.303. The fraction of sp³-hybridized carbons (Fsp3) is 0.571. The van der Waals surface area contributed by atoms with Crippen LogP contribution in [-0.2, 0) is 0 Å². The SMILES string of the molecule is C=CCOc1cc(F)c2c(F)c(C3CCC4CC(CCCCC)CCC4C3)ccc2c1. The fourth-order valence-corrected chi connectivity index (χ4v) is 6.13. The maximum absolute atomic E-state index is 15.5. The minimum absolute atomic E-state index is 0.102. The Morgan fingerprint density at radius 3 is 2.65 bits per heavy atom. The van der Waals surface area contributed by atoms with Crippen molar-refractivity contribution < 1.29 is 13.5 Å². The van der Waals surface area contributed by atoms with Crippen molar-refractivity contribution >= 4 is 10.8 Å². The van der Waals surface area contributed by atoms with E-state index in [1.54, 1.807) is 12.1 Å². The molecule has 3 heteroatoms. The van der Waals surface area contributed by atoms with Crippen LogP contribution in [0.5, 0.6) is 5.75 Å². The molecule has 0 aliphatic heterocycles. The molecule has 2 saturated carbocycles. The molecule has 2 aliphatic rings. The Bertz CT molecular complexity index is 906. The number of halogens is 2. The van der Waals surface area contributed by atoms with Gasteiger partial charge in [-0.3, -0.25) is 0 Å². The molecule has 4 atom stereocenters. The molecule has 168 valence electrons. The van der Waals surface area contributed by atoms with E-state index in [2.05, 4.69) is 13.5 Å². The van der Waals surface area contributed by atoms with E-state index >= 15 is 4.39 Å². The average Bonchev–Trinajstić information content (AvgIpc) is 2.77. The Morgan fingerprint density at radius 2 is 1.84 bits per heavy atom. The average molecular weight is 427 g/mol. The highest BCUT2D eigenvalue weighted by Crippen LogP contribution is 2.49. The molecule has 0 aromatic heterocycles. The lowest BCUT2D eigenvalue weighted by Gasteiger charge is -2.42. The van der Waals surface area contributed by atoms with Crippen molar-refractivity contribution in [3.63, 3.8) is 0 Å². The molecule has 0 radical (unpaired) electrons. The van der Waals surface area contributed by atoms with Gasteiger partial charge in [-0.1, -0.05) is 63.8 Å². The third-order valence-electron chi connectivity index (χ3n) is 7.75. The minimum atomic E-state index is -0.544. The highest BCUT2D eigenvalue weighted by atomic mass is 19.1. The van der Waals surface area contributed by atoms with Crippen molar-refractivity contribution in [2.24, 2.45) is 17.8 Å². The molecule has 2 aromatic carbocycles. The molecule has 0 saturated heterocycles. The van der Waals surface area contributed by atoms with E-state index in [0.717, 1.165) is 24.7 Å². The number of hydrogen-bond donors (Lipinski definition) is 0. The second kappa shape index (κ2) is 10.1. The van der Waals surface area contributed by atoms with Crippen LogP contribution < -0.4 is 4.74 Å². The van der Waals surface area contributed by atoms with E-state index in [-0.39, 0.29) is 17.1 Å². The lowest BCUT2D eigenvalue weighted by molar-refractivity contribution is 0.112. The van der Waals surface area contributed by atoms with Gasteiger partial charge in [-0.15, -0.1) is 0 Å². The van der Waals surface area contributed by atoms with E-state index in [4.69, 9.17) is 4.74 Å². The summed E-state index contributed by atoms with van der Waals surface area (Å²) < 4.78 is 35.7. The number of rotatable bonds is 8. The van der Waals surface area contributed by atoms with E-state index in [1.807, 2.05) is 12.1 Å². The Balaban J connectivity index is 1.47. The lowest BCUT2D eigenvalue weighted by atomic mass is 9.63. The zero-order chi connectivity index (χ0) is 21.8. The van der Waals surface area contributed by atoms with Gasteiger partial charge >= 0.3 is 0 Å². The van der Waals surface area contributed by atoms with E-state index in [0.29, 0.717) is 29.2 Å². The third-order valence-corrected chi connectivity index (χ3v) is 7.75. The van der Waals surface area contributed by atoms with Gasteiger partial charge in [0.05, 0.1) is 5.39 Å². The summed E-state index contributed by atoms with van der Waals surface area (Å²) in [4.78, 5) is 0. The summed E-state index contributed by atoms with van der Waals surface area (Å²) in [5.74, 6) is 2.11. The van der Waals surface area contributed by atoms with Crippen LogP contribution in [0.3, 0.4) is 0 Å². The second-order valence-electron chi connectivity index (χ2n) is 9.78. The third kappa shape index (κ3) is 4.96. The first kappa shape index (κ1) is 22.3. The van der Waals surface area contributed by atoms with Crippen molar-refractivity contribution in [2.75, 3.05) is 6.61 Å². The van der Waals surface area contributed by atoms with Crippen LogP contribution in [-0.4, -0.2) is 6.61 Å². The highest BCUT2D eigenvalue weighted by molar-refractivity contribution is 5.86. The summed E-state index contributed by atoms with van der Waals surface area (Å²) >= 11 is 0. The van der Waals surface area contributed by atoms with E-state index in [9.17, 15) is 4.39 Å². The zero-order valence-electron chi connectivity index (χ0n) is 18.8. The molecule has 2 aromatic rings. The number of unbranched alkanes of at least 4 members (excludes halogenated alkanes) is 2. The molecule has 2 aliphatic carbocycles. The van der Waals surface area contributed by atoms with Crippen LogP contribution in [0.1, 0.15) is 82.6 Å². The van der Waals surface area contributed by atoms with Crippen molar-refractivity contribution in [1.82, 2.24) is 0 Å². The van der Waals surface area contributed by atoms with Crippen molar-refractivity contribution in [3.05, 3.63) is 54.1 Å². The van der Waals surface area contributed by atoms with Crippen molar-refractivity contribution in [3.8, 4) is 5.75 Å². The second-order valence-corrected chi connectivity index (χ2v) is 9.78. The number of benzene rings is 2. The predicted molar refractivity (Wildman–Crippen MR) is 125 cm³/mol. The first-order chi connectivity index (χ1) is 15.1. The van der Waals surface area contributed by atoms with Gasteiger partial charge in [0, 0.05) is 6.07 Å². The van der Waals surface area contributed by atoms with Gasteiger partial charge in [0.25, 0.3) is 0 Å². The van der Waals surface area contributed by atoms with E-state index < -0.39 is 5.82 Å². The van der Waals surface area contributed by atoms with Crippen LogP contribution >= 0.6 is 0 Å². The molecular formula is C28H36F2O. The summed E-state index contributed by atoms with van der Waals surface area (Å²) in [7, 11) is 0. The first-order valence-corrected chi connectivity index (χ1v) is 12.3. The number of fused-ring (bicyclic) bond motifs is 2. The molecule has 0 heterocycles. The van der Waals surface area contributed by atoms with E-state index in [1.165, 1.54) is 57.4 Å². The summed E-state index contributed by atoms with van der Waals surface area (Å²) in [6.07, 6.45) is 14.3. The Hall–Kier alpha value is -1.90. The molecule has 0 N–H and O–H groups in total. The molecule has 0 spiro atoms. The van der Waals surface area contributed by atoms with Crippen LogP contribution in [0.15, 0.2) is 36.9 Å². The molecule has 2 fully saturated rings. The van der Waals surface area contributed by atoms with Crippen LogP contribution in [0.25, 0.3) is 10.8 Å². The normalized spacial score (nSPS) is 25.9. The standard InChI is InChI=1S/C28H36F2O/c1-3-5-6-7-19-8-9-21-16-22(11-10-20(21)15-19)25-13-12-23-17-24(31-14-4-2)18-26(29)27(23)28(25)30/h4,12-13,17-22H,2-3,5-11,14-16H2,1H3. The van der Waals surface area contributed by atoms with Gasteiger partial charge in [-0.05, 0) is 72.8 Å². The largest absolute Gasteiger partial charge is 0.489 e. The van der Waals surface area contributed by atoms with Gasteiger partial charge in [0.15, 0.2) is 0 Å². The van der Waals surface area contributed by atoms with Crippen molar-refractivity contribution in [1.29, 1.82) is 0 Å². The van der Waals surface area contributed by atoms with Gasteiger partial charge in [0.2, 0.25) is 0 Å². The van der Waals surface area contributed by atoms with Crippen LogP contribution in [0, 0.1) is 29.4 Å². The number of ether oxygens (including phenoxy) is 1. The molecule has 0 bridgehead atoms. The van der Waals surface area contributed by atoms with Gasteiger partial charge < -0.3 is 4.74 Å². The topological polar surface area (TPSA) is 9.23 Å². The highest BCUT2D eigenvalue weighted by Gasteiger charge is 2.36. The molecule has 4 unspecified atom stereocenters. The lowest BCUT2D eigenvalue weighted by Crippen LogP contribution is -2.30. The zero-order valence-corrected chi connectivity index (χ0v) is 18.8. The molecule has 31 heavy (non-hydrogen) atoms. The summed E-state index contributed by atoms with van der Waals surface area (Å²) in [5.41, 5.74) is 0.703.